The molecule has 1 aromatic carbocycles. The van der Waals surface area contributed by atoms with E-state index in [4.69, 9.17) is 16.3 Å². The van der Waals surface area contributed by atoms with E-state index in [1.165, 1.54) is 6.42 Å². The van der Waals surface area contributed by atoms with Gasteiger partial charge in [0.05, 0.1) is 7.11 Å². The number of carbonyl (C=O) groups is 1. The minimum atomic E-state index is -0.0345. The molecule has 1 aliphatic rings. The van der Waals surface area contributed by atoms with Crippen molar-refractivity contribution < 1.29 is 9.53 Å². The van der Waals surface area contributed by atoms with E-state index in [1.54, 1.807) is 12.0 Å². The molecule has 0 radical (unpaired) electrons. The van der Waals surface area contributed by atoms with Gasteiger partial charge in [-0.3, -0.25) is 4.79 Å². The Morgan fingerprint density at radius 2 is 2.10 bits per heavy atom. The van der Waals surface area contributed by atoms with Crippen LogP contribution in [0.15, 0.2) is 18.2 Å². The minimum Gasteiger partial charge on any atom is -0.497 e. The molecule has 0 saturated carbocycles. The van der Waals surface area contributed by atoms with Crippen molar-refractivity contribution in [1.29, 1.82) is 0 Å². The number of carbonyl (C=O) groups excluding carboxylic acids is 1. The number of nitrogens with zero attached hydrogens (tertiary/aromatic N) is 1. The van der Waals surface area contributed by atoms with Crippen molar-refractivity contribution in [2.24, 2.45) is 5.92 Å². The van der Waals surface area contributed by atoms with Crippen molar-refractivity contribution in [3.63, 3.8) is 0 Å². The third-order valence-electron chi connectivity index (χ3n) is 3.64. The summed E-state index contributed by atoms with van der Waals surface area (Å²) in [6.45, 7) is 7.40. The maximum absolute atomic E-state index is 11.6. The van der Waals surface area contributed by atoms with Crippen LogP contribution in [0.5, 0.6) is 5.75 Å². The second kappa shape index (κ2) is 8.93. The first-order valence-corrected chi connectivity index (χ1v) is 8.10. The van der Waals surface area contributed by atoms with Gasteiger partial charge in [0.1, 0.15) is 11.6 Å². The zero-order valence-corrected chi connectivity index (χ0v) is 14.2. The number of aryl methyl sites for hydroxylation is 1. The topological polar surface area (TPSA) is 29.5 Å². The Labute approximate surface area is 133 Å². The molecule has 0 saturated heterocycles. The third-order valence-corrected chi connectivity index (χ3v) is 3.87. The number of hydrogen-bond donors (Lipinski definition) is 0. The summed E-state index contributed by atoms with van der Waals surface area (Å²) in [4.78, 5) is 13.4. The smallest absolute Gasteiger partial charge is 0.241 e. The van der Waals surface area contributed by atoms with Gasteiger partial charge in [0, 0.05) is 12.2 Å². The van der Waals surface area contributed by atoms with Crippen LogP contribution in [0.25, 0.3) is 0 Å². The summed E-state index contributed by atoms with van der Waals surface area (Å²) in [5.74, 6) is 1.72. The summed E-state index contributed by atoms with van der Waals surface area (Å²) < 4.78 is 5.17. The molecule has 0 atom stereocenters. The lowest BCUT2D eigenvalue weighted by Crippen LogP contribution is -2.36. The van der Waals surface area contributed by atoms with Gasteiger partial charge < -0.3 is 9.64 Å². The average Bonchev–Trinajstić information content (AvgIpc) is 2.53. The molecule has 0 spiro atoms. The number of fused-ring (bicyclic) bond motifs is 1. The van der Waals surface area contributed by atoms with E-state index >= 15 is 0 Å². The number of anilines is 1. The Kier molecular flexibility index (Phi) is 7.58. The quantitative estimate of drug-likeness (QED) is 0.780. The Morgan fingerprint density at radius 3 is 2.62 bits per heavy atom. The maximum atomic E-state index is 11.6. The lowest BCUT2D eigenvalue weighted by Gasteiger charge is -2.29. The van der Waals surface area contributed by atoms with Crippen molar-refractivity contribution in [2.45, 2.75) is 40.0 Å². The Bertz CT molecular complexity index is 460. The Morgan fingerprint density at radius 1 is 1.43 bits per heavy atom. The second-order valence-electron chi connectivity index (χ2n) is 5.58. The zero-order chi connectivity index (χ0) is 15.8. The van der Waals surface area contributed by atoms with Crippen LogP contribution in [0.3, 0.4) is 0 Å². The van der Waals surface area contributed by atoms with Gasteiger partial charge in [-0.15, -0.1) is 11.6 Å². The van der Waals surface area contributed by atoms with Gasteiger partial charge in [-0.25, -0.2) is 0 Å². The molecule has 0 fully saturated rings. The molecular formula is C17H26ClNO2. The van der Waals surface area contributed by atoms with Gasteiger partial charge >= 0.3 is 0 Å². The largest absolute Gasteiger partial charge is 0.497 e. The Hall–Kier alpha value is -1.22. The number of halogens is 1. The lowest BCUT2D eigenvalue weighted by molar-refractivity contribution is -0.116. The van der Waals surface area contributed by atoms with Crippen molar-refractivity contribution in [2.75, 3.05) is 24.4 Å². The summed E-state index contributed by atoms with van der Waals surface area (Å²) in [6, 6.07) is 5.79. The summed E-state index contributed by atoms with van der Waals surface area (Å²) >= 11 is 5.59. The SMILES string of the molecule is CCC(C)C.COc1ccc2c(c1)CCCN2C(=O)CCl. The van der Waals surface area contributed by atoms with E-state index in [0.717, 1.165) is 42.3 Å². The van der Waals surface area contributed by atoms with Crippen LogP contribution in [-0.2, 0) is 11.2 Å². The van der Waals surface area contributed by atoms with Crippen molar-refractivity contribution >= 4 is 23.2 Å². The van der Waals surface area contributed by atoms with E-state index < -0.39 is 0 Å². The highest BCUT2D eigenvalue weighted by atomic mass is 35.5. The van der Waals surface area contributed by atoms with E-state index in [-0.39, 0.29) is 11.8 Å². The highest BCUT2D eigenvalue weighted by Crippen LogP contribution is 2.30. The van der Waals surface area contributed by atoms with Gasteiger partial charge in [-0.05, 0) is 42.5 Å². The van der Waals surface area contributed by atoms with E-state index in [9.17, 15) is 4.79 Å². The number of benzene rings is 1. The molecule has 1 amide bonds. The number of ether oxygens (including phenoxy) is 1. The molecule has 0 unspecified atom stereocenters. The first-order chi connectivity index (χ1) is 10.0. The predicted octanol–water partition coefficient (Wildman–Crippen LogP) is 4.27. The fourth-order valence-corrected chi connectivity index (χ4v) is 2.18. The van der Waals surface area contributed by atoms with Gasteiger partial charge in [0.2, 0.25) is 5.91 Å². The molecule has 0 N–H and O–H groups in total. The van der Waals surface area contributed by atoms with E-state index in [0.29, 0.717) is 0 Å². The standard InChI is InChI=1S/C12H14ClNO2.C5H12/c1-16-10-4-5-11-9(7-10)3-2-6-14(11)12(15)8-13;1-4-5(2)3/h4-5,7H,2-3,6,8H2,1H3;5H,4H2,1-3H3. The number of methoxy groups -OCH3 is 1. The summed E-state index contributed by atoms with van der Waals surface area (Å²) in [6.07, 6.45) is 3.27. The van der Waals surface area contributed by atoms with Crippen LogP contribution >= 0.6 is 11.6 Å². The summed E-state index contributed by atoms with van der Waals surface area (Å²) in [5, 5.41) is 0. The monoisotopic (exact) mass is 311 g/mol. The predicted molar refractivity (Wildman–Crippen MR) is 89.5 cm³/mol. The van der Waals surface area contributed by atoms with Gasteiger partial charge in [-0.2, -0.15) is 0 Å². The molecule has 1 heterocycles. The summed E-state index contributed by atoms with van der Waals surface area (Å²) in [7, 11) is 1.65. The molecule has 4 heteroatoms. The van der Waals surface area contributed by atoms with Crippen molar-refractivity contribution in [1.82, 2.24) is 0 Å². The fraction of sp³-hybridized carbons (Fsp3) is 0.588. The number of hydrogen-bond acceptors (Lipinski definition) is 2. The maximum Gasteiger partial charge on any atom is 0.241 e. The number of alkyl halides is 1. The first-order valence-electron chi connectivity index (χ1n) is 7.56. The van der Waals surface area contributed by atoms with Crippen LogP contribution in [0, 0.1) is 5.92 Å². The molecule has 1 aromatic rings. The highest BCUT2D eigenvalue weighted by Gasteiger charge is 2.21. The van der Waals surface area contributed by atoms with Crippen LogP contribution < -0.4 is 9.64 Å². The van der Waals surface area contributed by atoms with Gasteiger partial charge in [-0.1, -0.05) is 27.2 Å². The van der Waals surface area contributed by atoms with Crippen molar-refractivity contribution in [3.05, 3.63) is 23.8 Å². The molecule has 21 heavy (non-hydrogen) atoms. The average molecular weight is 312 g/mol. The molecule has 2 rings (SSSR count). The molecule has 1 aliphatic heterocycles. The molecule has 118 valence electrons. The lowest BCUT2D eigenvalue weighted by atomic mass is 10.0. The second-order valence-corrected chi connectivity index (χ2v) is 5.85. The molecule has 0 aromatic heterocycles. The molecule has 0 aliphatic carbocycles. The van der Waals surface area contributed by atoms with Gasteiger partial charge in [0.25, 0.3) is 0 Å². The van der Waals surface area contributed by atoms with Crippen molar-refractivity contribution in [3.8, 4) is 5.75 Å². The zero-order valence-electron chi connectivity index (χ0n) is 13.5. The number of rotatable bonds is 3. The molecule has 3 nitrogen and oxygen atoms in total. The van der Waals surface area contributed by atoms with Crippen LogP contribution in [-0.4, -0.2) is 25.4 Å². The number of amides is 1. The van der Waals surface area contributed by atoms with Crippen LogP contribution in [0.1, 0.15) is 39.2 Å². The fourth-order valence-electron chi connectivity index (χ4n) is 2.03. The van der Waals surface area contributed by atoms with Gasteiger partial charge in [0.15, 0.2) is 0 Å². The third kappa shape index (κ3) is 5.24. The minimum absolute atomic E-state index is 0.0332. The van der Waals surface area contributed by atoms with E-state index in [1.807, 2.05) is 18.2 Å². The normalized spacial score (nSPS) is 13.3. The van der Waals surface area contributed by atoms with E-state index in [2.05, 4.69) is 20.8 Å². The van der Waals surface area contributed by atoms with Crippen LogP contribution in [0.4, 0.5) is 5.69 Å². The summed E-state index contributed by atoms with van der Waals surface area (Å²) in [5.41, 5.74) is 2.13. The van der Waals surface area contributed by atoms with Crippen LogP contribution in [0.2, 0.25) is 0 Å². The highest BCUT2D eigenvalue weighted by molar-refractivity contribution is 6.29. The molecule has 0 bridgehead atoms. The molecular weight excluding hydrogens is 286 g/mol. The Balaban J connectivity index is 0.000000383. The first kappa shape index (κ1) is 17.8.